The molecule has 2 heterocycles. The molecule has 0 aromatic carbocycles. The molecule has 1 N–H and O–H groups in total. The Morgan fingerprint density at radius 1 is 1.59 bits per heavy atom. The summed E-state index contributed by atoms with van der Waals surface area (Å²) in [6, 6.07) is 1.69. The zero-order valence-electron chi connectivity index (χ0n) is 10.4. The fraction of sp³-hybridized carbons (Fsp3) is 0.667. The van der Waals surface area contributed by atoms with E-state index in [1.807, 2.05) is 29.6 Å². The number of carbonyl (C=O) groups is 1. The van der Waals surface area contributed by atoms with Gasteiger partial charge in [0.05, 0.1) is 11.4 Å². The minimum Gasteiger partial charge on any atom is -0.480 e. The van der Waals surface area contributed by atoms with Crippen molar-refractivity contribution in [2.75, 3.05) is 6.54 Å². The van der Waals surface area contributed by atoms with Crippen LogP contribution in [-0.4, -0.2) is 38.3 Å². The summed E-state index contributed by atoms with van der Waals surface area (Å²) in [6.45, 7) is 3.49. The largest absolute Gasteiger partial charge is 0.480 e. The number of aromatic nitrogens is 2. The van der Waals surface area contributed by atoms with Crippen LogP contribution >= 0.6 is 0 Å². The maximum Gasteiger partial charge on any atom is 0.320 e. The molecule has 0 bridgehead atoms. The topological polar surface area (TPSA) is 58.4 Å². The molecule has 1 aromatic rings. The molecule has 1 unspecified atom stereocenters. The summed E-state index contributed by atoms with van der Waals surface area (Å²) in [5.74, 6) is -0.705. The average molecular weight is 237 g/mol. The minimum atomic E-state index is -0.705. The van der Waals surface area contributed by atoms with Crippen LogP contribution < -0.4 is 0 Å². The van der Waals surface area contributed by atoms with E-state index in [4.69, 9.17) is 0 Å². The van der Waals surface area contributed by atoms with Gasteiger partial charge in [-0.2, -0.15) is 5.10 Å². The molecule has 1 saturated heterocycles. The van der Waals surface area contributed by atoms with Gasteiger partial charge in [-0.15, -0.1) is 0 Å². The van der Waals surface area contributed by atoms with Crippen LogP contribution in [-0.2, 0) is 18.4 Å². The van der Waals surface area contributed by atoms with Crippen LogP contribution in [0.3, 0.4) is 0 Å². The summed E-state index contributed by atoms with van der Waals surface area (Å²) in [5.41, 5.74) is 2.06. The van der Waals surface area contributed by atoms with E-state index in [9.17, 15) is 9.90 Å². The van der Waals surface area contributed by atoms with E-state index < -0.39 is 5.97 Å². The first-order chi connectivity index (χ1) is 8.08. The van der Waals surface area contributed by atoms with Gasteiger partial charge in [-0.3, -0.25) is 14.4 Å². The Bertz CT molecular complexity index is 414. The molecule has 1 aliphatic rings. The zero-order valence-corrected chi connectivity index (χ0v) is 10.4. The summed E-state index contributed by atoms with van der Waals surface area (Å²) in [5, 5.41) is 13.5. The average Bonchev–Trinajstić information content (AvgIpc) is 2.58. The lowest BCUT2D eigenvalue weighted by atomic mass is 10.0. The number of rotatable bonds is 3. The molecule has 1 atom stereocenters. The Hall–Kier alpha value is -1.36. The maximum atomic E-state index is 11.2. The smallest absolute Gasteiger partial charge is 0.320 e. The predicted octanol–water partition coefficient (Wildman–Crippen LogP) is 1.17. The first-order valence-corrected chi connectivity index (χ1v) is 6.04. The molecule has 0 aliphatic carbocycles. The first-order valence-electron chi connectivity index (χ1n) is 6.04. The number of nitrogens with zero attached hydrogens (tertiary/aromatic N) is 3. The Kier molecular flexibility index (Phi) is 3.47. The van der Waals surface area contributed by atoms with Crippen molar-refractivity contribution in [1.82, 2.24) is 14.7 Å². The third-order valence-electron chi connectivity index (χ3n) is 3.36. The SMILES string of the molecule is Cc1cc(CN2CCCCC2C(=O)O)n(C)n1. The van der Waals surface area contributed by atoms with Gasteiger partial charge < -0.3 is 5.11 Å². The van der Waals surface area contributed by atoms with E-state index in [1.54, 1.807) is 0 Å². The number of hydrogen-bond acceptors (Lipinski definition) is 3. The lowest BCUT2D eigenvalue weighted by Crippen LogP contribution is -2.44. The van der Waals surface area contributed by atoms with Crippen LogP contribution in [0.5, 0.6) is 0 Å². The van der Waals surface area contributed by atoms with Crippen LogP contribution in [0.1, 0.15) is 30.7 Å². The molecule has 0 radical (unpaired) electrons. The van der Waals surface area contributed by atoms with E-state index in [2.05, 4.69) is 5.10 Å². The van der Waals surface area contributed by atoms with Gasteiger partial charge in [-0.25, -0.2) is 0 Å². The van der Waals surface area contributed by atoms with E-state index in [1.165, 1.54) is 0 Å². The predicted molar refractivity (Wildman–Crippen MR) is 63.6 cm³/mol. The van der Waals surface area contributed by atoms with E-state index in [0.29, 0.717) is 6.54 Å². The van der Waals surface area contributed by atoms with Crippen molar-refractivity contribution in [3.05, 3.63) is 17.5 Å². The molecular formula is C12H19N3O2. The second-order valence-corrected chi connectivity index (χ2v) is 4.72. The van der Waals surface area contributed by atoms with Gasteiger partial charge in [0.1, 0.15) is 6.04 Å². The van der Waals surface area contributed by atoms with Gasteiger partial charge in [0.15, 0.2) is 0 Å². The quantitative estimate of drug-likeness (QED) is 0.857. The minimum absolute atomic E-state index is 0.334. The molecular weight excluding hydrogens is 218 g/mol. The second-order valence-electron chi connectivity index (χ2n) is 4.72. The molecule has 2 rings (SSSR count). The van der Waals surface area contributed by atoms with E-state index in [-0.39, 0.29) is 6.04 Å². The standard InChI is InChI=1S/C12H19N3O2/c1-9-7-10(14(2)13-9)8-15-6-4-3-5-11(15)12(16)17/h7,11H,3-6,8H2,1-2H3,(H,16,17). The highest BCUT2D eigenvalue weighted by atomic mass is 16.4. The third kappa shape index (κ3) is 2.66. The zero-order chi connectivity index (χ0) is 12.4. The van der Waals surface area contributed by atoms with E-state index >= 15 is 0 Å². The first kappa shape index (κ1) is 12.1. The molecule has 1 aliphatic heterocycles. The molecule has 1 fully saturated rings. The number of aryl methyl sites for hydroxylation is 2. The summed E-state index contributed by atoms with van der Waals surface area (Å²) >= 11 is 0. The molecule has 1 aromatic heterocycles. The molecule has 0 spiro atoms. The summed E-state index contributed by atoms with van der Waals surface area (Å²) in [7, 11) is 1.90. The Labute approximate surface area is 101 Å². The fourth-order valence-corrected chi connectivity index (χ4v) is 2.48. The van der Waals surface area contributed by atoms with Crippen molar-refractivity contribution in [3.63, 3.8) is 0 Å². The van der Waals surface area contributed by atoms with Crippen molar-refractivity contribution >= 4 is 5.97 Å². The normalized spacial score (nSPS) is 21.6. The van der Waals surface area contributed by atoms with Crippen LogP contribution in [0.4, 0.5) is 0 Å². The monoisotopic (exact) mass is 237 g/mol. The lowest BCUT2D eigenvalue weighted by molar-refractivity contribution is -0.144. The summed E-state index contributed by atoms with van der Waals surface area (Å²) < 4.78 is 1.84. The van der Waals surface area contributed by atoms with Crippen molar-refractivity contribution in [2.24, 2.45) is 7.05 Å². The van der Waals surface area contributed by atoms with Crippen molar-refractivity contribution in [3.8, 4) is 0 Å². The molecule has 94 valence electrons. The number of carboxylic acid groups (broad SMARTS) is 1. The molecule has 5 nitrogen and oxygen atoms in total. The highest BCUT2D eigenvalue weighted by molar-refractivity contribution is 5.73. The number of piperidine rings is 1. The number of carboxylic acids is 1. The van der Waals surface area contributed by atoms with Crippen molar-refractivity contribution in [1.29, 1.82) is 0 Å². The van der Waals surface area contributed by atoms with Crippen LogP contribution in [0, 0.1) is 6.92 Å². The summed E-state index contributed by atoms with van der Waals surface area (Å²) in [6.07, 6.45) is 2.85. The Balaban J connectivity index is 2.10. The van der Waals surface area contributed by atoms with Crippen molar-refractivity contribution in [2.45, 2.75) is 38.8 Å². The van der Waals surface area contributed by atoms with Crippen molar-refractivity contribution < 1.29 is 9.90 Å². The maximum absolute atomic E-state index is 11.2. The number of likely N-dealkylation sites (tertiary alicyclic amines) is 1. The highest BCUT2D eigenvalue weighted by Crippen LogP contribution is 2.19. The molecule has 0 saturated carbocycles. The van der Waals surface area contributed by atoms with Gasteiger partial charge in [0.25, 0.3) is 0 Å². The van der Waals surface area contributed by atoms with Gasteiger partial charge in [0.2, 0.25) is 0 Å². The van der Waals surface area contributed by atoms with Gasteiger partial charge in [-0.1, -0.05) is 6.42 Å². The number of hydrogen-bond donors (Lipinski definition) is 1. The van der Waals surface area contributed by atoms with Gasteiger partial charge in [-0.05, 0) is 32.4 Å². The lowest BCUT2D eigenvalue weighted by Gasteiger charge is -2.32. The second kappa shape index (κ2) is 4.87. The highest BCUT2D eigenvalue weighted by Gasteiger charge is 2.28. The van der Waals surface area contributed by atoms with Crippen LogP contribution in [0.15, 0.2) is 6.07 Å². The molecule has 17 heavy (non-hydrogen) atoms. The van der Waals surface area contributed by atoms with E-state index in [0.717, 1.165) is 37.2 Å². The van der Waals surface area contributed by atoms with Crippen LogP contribution in [0.2, 0.25) is 0 Å². The summed E-state index contributed by atoms with van der Waals surface area (Å²) in [4.78, 5) is 13.2. The number of aliphatic carboxylic acids is 1. The Morgan fingerprint density at radius 2 is 2.35 bits per heavy atom. The Morgan fingerprint density at radius 3 is 2.94 bits per heavy atom. The van der Waals surface area contributed by atoms with Crippen LogP contribution in [0.25, 0.3) is 0 Å². The fourth-order valence-electron chi connectivity index (χ4n) is 2.48. The third-order valence-corrected chi connectivity index (χ3v) is 3.36. The molecule has 5 heteroatoms. The van der Waals surface area contributed by atoms with Gasteiger partial charge >= 0.3 is 5.97 Å². The van der Waals surface area contributed by atoms with Gasteiger partial charge in [0, 0.05) is 13.6 Å². The molecule has 0 amide bonds.